The van der Waals surface area contributed by atoms with Crippen molar-refractivity contribution in [2.75, 3.05) is 0 Å². The third-order valence-corrected chi connectivity index (χ3v) is 8.27. The number of aromatic nitrogens is 3. The predicted octanol–water partition coefficient (Wildman–Crippen LogP) is 5.39. The lowest BCUT2D eigenvalue weighted by Gasteiger charge is -2.30. The monoisotopic (exact) mass is 335 g/mol. The van der Waals surface area contributed by atoms with Crippen LogP contribution in [0.5, 0.6) is 0 Å². The summed E-state index contributed by atoms with van der Waals surface area (Å²) in [5, 5.41) is 8.74. The second-order valence-electron chi connectivity index (χ2n) is 6.08. The van der Waals surface area contributed by atoms with Crippen LogP contribution >= 0.6 is 19.7 Å². The minimum Gasteiger partial charge on any atom is -0.242 e. The van der Waals surface area contributed by atoms with Crippen molar-refractivity contribution in [2.45, 2.75) is 62.4 Å². The van der Waals surface area contributed by atoms with Crippen LogP contribution < -0.4 is 0 Å². The van der Waals surface area contributed by atoms with Gasteiger partial charge in [0.15, 0.2) is 0 Å². The summed E-state index contributed by atoms with van der Waals surface area (Å²) in [4.78, 5) is 1.26. The Hall–Kier alpha value is -0.860. The van der Waals surface area contributed by atoms with E-state index in [4.69, 9.17) is 0 Å². The van der Waals surface area contributed by atoms with Gasteiger partial charge in [-0.2, -0.15) is 0 Å². The molecule has 1 atom stereocenters. The van der Waals surface area contributed by atoms with Gasteiger partial charge in [0, 0.05) is 10.6 Å². The fourth-order valence-corrected chi connectivity index (χ4v) is 7.03. The molecule has 22 heavy (non-hydrogen) atoms. The zero-order chi connectivity index (χ0) is 16.1. The standard InChI is InChI=1S/C17H26N3PS/c1-13(2)21(14(3)4)15(5)17-11-20(19-18-17)12-22-16-9-7-6-8-10-16/h6-11,13-15H,12H2,1-5H3. The average molecular weight is 335 g/mol. The highest BCUT2D eigenvalue weighted by atomic mass is 32.2. The molecule has 5 heteroatoms. The first-order valence-corrected chi connectivity index (χ1v) is 10.4. The Morgan fingerprint density at radius 3 is 2.27 bits per heavy atom. The molecule has 0 saturated heterocycles. The maximum atomic E-state index is 4.43. The molecular formula is C17H26N3PS. The molecule has 2 aromatic rings. The van der Waals surface area contributed by atoms with E-state index < -0.39 is 0 Å². The van der Waals surface area contributed by atoms with Crippen molar-refractivity contribution in [3.05, 3.63) is 42.2 Å². The van der Waals surface area contributed by atoms with Gasteiger partial charge in [-0.15, -0.1) is 16.9 Å². The van der Waals surface area contributed by atoms with E-state index in [1.165, 1.54) is 4.90 Å². The van der Waals surface area contributed by atoms with Crippen LogP contribution in [0.1, 0.15) is 46.0 Å². The minimum atomic E-state index is -0.0786. The molecule has 0 amide bonds. The fourth-order valence-electron chi connectivity index (χ4n) is 2.87. The zero-order valence-electron chi connectivity index (χ0n) is 14.1. The van der Waals surface area contributed by atoms with E-state index in [1.54, 1.807) is 11.8 Å². The Bertz CT molecular complexity index is 560. The number of thioether (sulfide) groups is 1. The van der Waals surface area contributed by atoms with Gasteiger partial charge in [0.25, 0.3) is 0 Å². The van der Waals surface area contributed by atoms with Gasteiger partial charge < -0.3 is 0 Å². The molecular weight excluding hydrogens is 309 g/mol. The van der Waals surface area contributed by atoms with Crippen molar-refractivity contribution in [3.8, 4) is 0 Å². The molecule has 0 aliphatic carbocycles. The number of hydrogen-bond acceptors (Lipinski definition) is 3. The lowest BCUT2D eigenvalue weighted by molar-refractivity contribution is 0.700. The Balaban J connectivity index is 2.01. The van der Waals surface area contributed by atoms with Crippen LogP contribution in [0.25, 0.3) is 0 Å². The Kier molecular flexibility index (Phi) is 6.46. The van der Waals surface area contributed by atoms with Crippen LogP contribution in [-0.2, 0) is 5.88 Å². The van der Waals surface area contributed by atoms with Crippen LogP contribution in [0.2, 0.25) is 0 Å². The maximum Gasteiger partial charge on any atom is 0.0927 e. The van der Waals surface area contributed by atoms with Gasteiger partial charge in [-0.3, -0.25) is 0 Å². The molecule has 0 N–H and O–H groups in total. The Labute approximate surface area is 139 Å². The van der Waals surface area contributed by atoms with Crippen LogP contribution in [0, 0.1) is 0 Å². The summed E-state index contributed by atoms with van der Waals surface area (Å²) in [5.41, 5.74) is 3.08. The normalized spacial score (nSPS) is 13.3. The van der Waals surface area contributed by atoms with E-state index in [1.807, 2.05) is 10.7 Å². The second-order valence-corrected chi connectivity index (χ2v) is 10.8. The highest BCUT2D eigenvalue weighted by Crippen LogP contribution is 2.57. The molecule has 0 aliphatic rings. The lowest BCUT2D eigenvalue weighted by Crippen LogP contribution is -2.09. The largest absolute Gasteiger partial charge is 0.242 e. The summed E-state index contributed by atoms with van der Waals surface area (Å²) >= 11 is 1.79. The van der Waals surface area contributed by atoms with Gasteiger partial charge in [0.05, 0.1) is 17.8 Å². The number of benzene rings is 1. The van der Waals surface area contributed by atoms with E-state index in [0.29, 0.717) is 17.0 Å². The molecule has 3 nitrogen and oxygen atoms in total. The number of rotatable bonds is 7. The molecule has 2 rings (SSSR count). The van der Waals surface area contributed by atoms with Gasteiger partial charge >= 0.3 is 0 Å². The highest BCUT2D eigenvalue weighted by molar-refractivity contribution is 7.98. The van der Waals surface area contributed by atoms with Crippen LogP contribution in [0.15, 0.2) is 41.4 Å². The molecule has 0 spiro atoms. The smallest absolute Gasteiger partial charge is 0.0927 e. The zero-order valence-corrected chi connectivity index (χ0v) is 15.8. The van der Waals surface area contributed by atoms with Gasteiger partial charge in [0.1, 0.15) is 0 Å². The van der Waals surface area contributed by atoms with E-state index in [-0.39, 0.29) is 7.92 Å². The molecule has 0 bridgehead atoms. The van der Waals surface area contributed by atoms with Crippen LogP contribution in [0.4, 0.5) is 0 Å². The summed E-state index contributed by atoms with van der Waals surface area (Å²) in [6.45, 7) is 11.6. The lowest BCUT2D eigenvalue weighted by atomic mass is 10.4. The number of nitrogens with zero attached hydrogens (tertiary/aromatic N) is 3. The molecule has 0 fully saturated rings. The average Bonchev–Trinajstić information content (AvgIpc) is 2.94. The predicted molar refractivity (Wildman–Crippen MR) is 97.9 cm³/mol. The second kappa shape index (κ2) is 8.12. The van der Waals surface area contributed by atoms with E-state index in [0.717, 1.165) is 11.6 Å². The van der Waals surface area contributed by atoms with Gasteiger partial charge in [-0.1, -0.05) is 66.0 Å². The summed E-state index contributed by atoms with van der Waals surface area (Å²) in [6.07, 6.45) is 2.13. The van der Waals surface area contributed by atoms with E-state index in [9.17, 15) is 0 Å². The van der Waals surface area contributed by atoms with Gasteiger partial charge in [0.2, 0.25) is 0 Å². The van der Waals surface area contributed by atoms with E-state index >= 15 is 0 Å². The topological polar surface area (TPSA) is 30.7 Å². The molecule has 1 aromatic carbocycles. The molecule has 0 saturated carbocycles. The third kappa shape index (κ3) is 4.57. The summed E-state index contributed by atoms with van der Waals surface area (Å²) in [5.74, 6) is 0.811. The van der Waals surface area contributed by atoms with Crippen molar-refractivity contribution in [2.24, 2.45) is 0 Å². The molecule has 0 radical (unpaired) electrons. The van der Waals surface area contributed by atoms with Crippen molar-refractivity contribution in [1.29, 1.82) is 0 Å². The summed E-state index contributed by atoms with van der Waals surface area (Å²) in [6, 6.07) is 10.4. The van der Waals surface area contributed by atoms with Crippen molar-refractivity contribution >= 4 is 19.7 Å². The van der Waals surface area contributed by atoms with Crippen LogP contribution in [-0.4, -0.2) is 26.3 Å². The van der Waals surface area contributed by atoms with Gasteiger partial charge in [-0.25, -0.2) is 4.68 Å². The third-order valence-electron chi connectivity index (χ3n) is 3.73. The molecule has 1 unspecified atom stereocenters. The quantitative estimate of drug-likeness (QED) is 0.502. The van der Waals surface area contributed by atoms with Crippen molar-refractivity contribution < 1.29 is 0 Å². The summed E-state index contributed by atoms with van der Waals surface area (Å²) in [7, 11) is -0.0786. The minimum absolute atomic E-state index is 0.0786. The van der Waals surface area contributed by atoms with Crippen LogP contribution in [0.3, 0.4) is 0 Å². The summed E-state index contributed by atoms with van der Waals surface area (Å²) < 4.78 is 1.96. The first-order valence-electron chi connectivity index (χ1n) is 7.84. The highest BCUT2D eigenvalue weighted by Gasteiger charge is 2.26. The van der Waals surface area contributed by atoms with E-state index in [2.05, 4.69) is 75.4 Å². The molecule has 1 heterocycles. The molecule has 0 aliphatic heterocycles. The maximum absolute atomic E-state index is 4.43. The van der Waals surface area contributed by atoms with Crippen molar-refractivity contribution in [3.63, 3.8) is 0 Å². The molecule has 1 aromatic heterocycles. The van der Waals surface area contributed by atoms with Gasteiger partial charge in [-0.05, 0) is 23.5 Å². The SMILES string of the molecule is CC(C)P(C(C)C)C(C)c1cn(CSc2ccccc2)nn1. The molecule has 120 valence electrons. The number of hydrogen-bond donors (Lipinski definition) is 0. The Morgan fingerprint density at radius 1 is 1.05 bits per heavy atom. The fraction of sp³-hybridized carbons (Fsp3) is 0.529. The first-order chi connectivity index (χ1) is 10.5. The Morgan fingerprint density at radius 2 is 1.68 bits per heavy atom. The van der Waals surface area contributed by atoms with Crippen molar-refractivity contribution in [1.82, 2.24) is 15.0 Å². The first kappa shape index (κ1) is 17.5.